The first kappa shape index (κ1) is 70.8. The molecule has 0 aliphatic rings. The van der Waals surface area contributed by atoms with Gasteiger partial charge in [0.2, 0.25) is 5.91 Å². The van der Waals surface area contributed by atoms with Gasteiger partial charge in [-0.2, -0.15) is 0 Å². The Balaban J connectivity index is 3.59. The maximum absolute atomic E-state index is 12.6. The topological polar surface area (TPSA) is 110 Å². The minimum Gasteiger partial charge on any atom is -0.394 e. The van der Waals surface area contributed by atoms with Gasteiger partial charge in [-0.15, -0.1) is 0 Å². The monoisotopic (exact) mass is 1020 g/mol. The number of aliphatic hydroxyl groups is 4. The van der Waals surface area contributed by atoms with Gasteiger partial charge in [0.05, 0.1) is 18.8 Å². The summed E-state index contributed by atoms with van der Waals surface area (Å²) < 4.78 is 0. The smallest absolute Gasteiger partial charge is 0.249 e. The molecule has 0 aromatic rings. The van der Waals surface area contributed by atoms with Crippen LogP contribution in [0.2, 0.25) is 0 Å². The van der Waals surface area contributed by atoms with Crippen molar-refractivity contribution in [3.05, 3.63) is 24.3 Å². The van der Waals surface area contributed by atoms with Gasteiger partial charge in [0.25, 0.3) is 0 Å². The highest BCUT2D eigenvalue weighted by atomic mass is 16.3. The first-order chi connectivity index (χ1) is 35.5. The van der Waals surface area contributed by atoms with E-state index in [2.05, 4.69) is 43.5 Å². The molecule has 0 aromatic heterocycles. The van der Waals surface area contributed by atoms with Crippen LogP contribution in [-0.4, -0.2) is 57.3 Å². The van der Waals surface area contributed by atoms with Crippen molar-refractivity contribution in [3.63, 3.8) is 0 Å². The zero-order valence-electron chi connectivity index (χ0n) is 48.7. The third-order valence-corrected chi connectivity index (χ3v) is 15.6. The van der Waals surface area contributed by atoms with Crippen molar-refractivity contribution in [2.45, 2.75) is 385 Å². The summed E-state index contributed by atoms with van der Waals surface area (Å²) in [5, 5.41) is 44.1. The molecule has 0 rings (SSSR count). The van der Waals surface area contributed by atoms with Crippen LogP contribution in [0, 0.1) is 0 Å². The second-order valence-electron chi connectivity index (χ2n) is 22.8. The fraction of sp³-hybridized carbons (Fsp3) is 0.924. The third kappa shape index (κ3) is 53.6. The molecule has 428 valence electrons. The number of aliphatic hydroxyl groups excluding tert-OH is 4. The van der Waals surface area contributed by atoms with Gasteiger partial charge in [0.15, 0.2) is 0 Å². The minimum atomic E-state index is -1.28. The molecule has 0 aromatic carbocycles. The third-order valence-electron chi connectivity index (χ3n) is 15.6. The molecule has 4 unspecified atom stereocenters. The maximum atomic E-state index is 12.6. The molecule has 0 fully saturated rings. The van der Waals surface area contributed by atoms with E-state index in [-0.39, 0.29) is 0 Å². The second-order valence-corrected chi connectivity index (χ2v) is 22.8. The van der Waals surface area contributed by atoms with Crippen LogP contribution in [0.5, 0.6) is 0 Å². The van der Waals surface area contributed by atoms with Crippen LogP contribution in [0.25, 0.3) is 0 Å². The summed E-state index contributed by atoms with van der Waals surface area (Å²) in [6.45, 7) is 4.09. The summed E-state index contributed by atoms with van der Waals surface area (Å²) >= 11 is 0. The summed E-state index contributed by atoms with van der Waals surface area (Å²) in [7, 11) is 0. The number of nitrogens with one attached hydrogen (secondary N) is 1. The van der Waals surface area contributed by atoms with Crippen molar-refractivity contribution >= 4 is 5.91 Å². The van der Waals surface area contributed by atoms with Gasteiger partial charge in [-0.25, -0.2) is 0 Å². The Morgan fingerprint density at radius 3 is 0.833 bits per heavy atom. The fourth-order valence-electron chi connectivity index (χ4n) is 10.5. The van der Waals surface area contributed by atoms with Gasteiger partial charge in [-0.05, 0) is 64.2 Å². The minimum absolute atomic E-state index is 0.364. The lowest BCUT2D eigenvalue weighted by atomic mass is 10.00. The molecule has 0 bridgehead atoms. The fourth-order valence-corrected chi connectivity index (χ4v) is 10.5. The number of rotatable bonds is 61. The lowest BCUT2D eigenvalue weighted by Gasteiger charge is -2.27. The van der Waals surface area contributed by atoms with Crippen LogP contribution in [0.1, 0.15) is 361 Å². The molecule has 6 heteroatoms. The van der Waals surface area contributed by atoms with Crippen LogP contribution < -0.4 is 5.32 Å². The summed E-state index contributed by atoms with van der Waals surface area (Å²) in [4.78, 5) is 12.6. The Bertz CT molecular complexity index is 1100. The average molecular weight is 1020 g/mol. The molecule has 0 heterocycles. The van der Waals surface area contributed by atoms with Gasteiger partial charge < -0.3 is 25.7 Å². The number of unbranched alkanes of at least 4 members (excludes halogenated alkanes) is 48. The SMILES string of the molecule is CCCCCCCCCCCCCC/C=C\CCCCCCCCCCCCCC(O)C(=O)NC(CO)C(O)C(O)CCC/C=C/CCCCCCCCCCCCCCCCCCCCCCCCCC. The highest BCUT2D eigenvalue weighted by Gasteiger charge is 2.28. The van der Waals surface area contributed by atoms with Gasteiger partial charge in [0.1, 0.15) is 12.2 Å². The standard InChI is InChI=1S/C66H129NO5/c1-3-5-7-9-11-13-15-17-19-21-23-25-27-29-31-32-34-35-37-39-41-43-45-47-49-51-53-55-57-59-63(69)65(71)62(61-68)67-66(72)64(70)60-58-56-54-52-50-48-46-44-42-40-38-36-33-30-28-26-24-22-20-18-16-14-12-10-8-6-4-2/h30,33,51,53,62-65,68-71H,3-29,31-32,34-50,52,54-61H2,1-2H3,(H,67,72)/b33-30-,53-51+. The number of amides is 1. The highest BCUT2D eigenvalue weighted by molar-refractivity contribution is 5.80. The van der Waals surface area contributed by atoms with Gasteiger partial charge >= 0.3 is 0 Å². The van der Waals surface area contributed by atoms with Crippen LogP contribution in [0.15, 0.2) is 24.3 Å². The molecule has 0 aliphatic heterocycles. The summed E-state index contributed by atoms with van der Waals surface area (Å²) in [5.74, 6) is -0.588. The van der Waals surface area contributed by atoms with Crippen molar-refractivity contribution in [1.29, 1.82) is 0 Å². The Morgan fingerprint density at radius 1 is 0.333 bits per heavy atom. The van der Waals surface area contributed by atoms with E-state index in [1.54, 1.807) is 0 Å². The maximum Gasteiger partial charge on any atom is 0.249 e. The molecule has 1 amide bonds. The van der Waals surface area contributed by atoms with Crippen molar-refractivity contribution in [1.82, 2.24) is 5.32 Å². The van der Waals surface area contributed by atoms with E-state index in [1.807, 2.05) is 0 Å². The molecule has 0 aliphatic carbocycles. The summed E-state index contributed by atoms with van der Waals surface area (Å²) in [6.07, 6.45) is 75.7. The van der Waals surface area contributed by atoms with Crippen molar-refractivity contribution in [2.24, 2.45) is 0 Å². The average Bonchev–Trinajstić information content (AvgIpc) is 3.39. The van der Waals surface area contributed by atoms with Crippen molar-refractivity contribution in [3.8, 4) is 0 Å². The zero-order valence-corrected chi connectivity index (χ0v) is 48.7. The largest absolute Gasteiger partial charge is 0.394 e. The first-order valence-electron chi connectivity index (χ1n) is 32.7. The number of carbonyl (C=O) groups is 1. The summed E-state index contributed by atoms with van der Waals surface area (Å²) in [6, 6.07) is -1.00. The van der Waals surface area contributed by atoms with Crippen LogP contribution in [0.4, 0.5) is 0 Å². The van der Waals surface area contributed by atoms with Gasteiger partial charge in [0, 0.05) is 0 Å². The number of carbonyl (C=O) groups excluding carboxylic acids is 1. The molecule has 4 atom stereocenters. The number of hydrogen-bond donors (Lipinski definition) is 5. The van der Waals surface area contributed by atoms with Crippen molar-refractivity contribution < 1.29 is 25.2 Å². The zero-order chi connectivity index (χ0) is 52.3. The Morgan fingerprint density at radius 2 is 0.569 bits per heavy atom. The van der Waals surface area contributed by atoms with Gasteiger partial charge in [-0.3, -0.25) is 4.79 Å². The number of hydrogen-bond acceptors (Lipinski definition) is 5. The van der Waals surface area contributed by atoms with Crippen LogP contribution in [-0.2, 0) is 4.79 Å². The molecule has 5 N–H and O–H groups in total. The number of allylic oxidation sites excluding steroid dienone is 4. The molecule has 0 spiro atoms. The lowest BCUT2D eigenvalue weighted by molar-refractivity contribution is -0.132. The van der Waals surface area contributed by atoms with E-state index in [0.29, 0.717) is 12.8 Å². The molecule has 0 saturated heterocycles. The van der Waals surface area contributed by atoms with Gasteiger partial charge in [-0.1, -0.05) is 321 Å². The molecule has 72 heavy (non-hydrogen) atoms. The first-order valence-corrected chi connectivity index (χ1v) is 32.7. The normalized spacial score (nSPS) is 13.7. The second kappa shape index (κ2) is 60.7. The molecular weight excluding hydrogens is 887 g/mol. The Kier molecular flexibility index (Phi) is 59.6. The Hall–Kier alpha value is -1.21. The van der Waals surface area contributed by atoms with E-state index < -0.39 is 36.9 Å². The quantitative estimate of drug-likeness (QED) is 0.0308. The van der Waals surface area contributed by atoms with Crippen molar-refractivity contribution in [2.75, 3.05) is 6.61 Å². The predicted octanol–water partition coefficient (Wildman–Crippen LogP) is 19.8. The van der Waals surface area contributed by atoms with Crippen LogP contribution in [0.3, 0.4) is 0 Å². The molecule has 6 nitrogen and oxygen atoms in total. The molecular formula is C66H129NO5. The molecule has 0 radical (unpaired) electrons. The summed E-state index contributed by atoms with van der Waals surface area (Å²) in [5.41, 5.74) is 0. The van der Waals surface area contributed by atoms with E-state index in [9.17, 15) is 25.2 Å². The highest BCUT2D eigenvalue weighted by Crippen LogP contribution is 2.19. The van der Waals surface area contributed by atoms with E-state index in [4.69, 9.17) is 0 Å². The van der Waals surface area contributed by atoms with Crippen LogP contribution >= 0.6 is 0 Å². The molecule has 0 saturated carbocycles. The van der Waals surface area contributed by atoms with E-state index in [0.717, 1.165) is 38.5 Å². The lowest BCUT2D eigenvalue weighted by Crippen LogP contribution is -2.53. The van der Waals surface area contributed by atoms with E-state index in [1.165, 1.54) is 295 Å². The van der Waals surface area contributed by atoms with E-state index >= 15 is 0 Å². The predicted molar refractivity (Wildman–Crippen MR) is 316 cm³/mol. The Labute approximate surface area is 450 Å².